The van der Waals surface area contributed by atoms with Crippen molar-refractivity contribution in [3.63, 3.8) is 0 Å². The molecule has 79 heavy (non-hydrogen) atoms. The van der Waals surface area contributed by atoms with E-state index in [9.17, 15) is 33.2 Å². The summed E-state index contributed by atoms with van der Waals surface area (Å²) in [6, 6.07) is 16.9. The van der Waals surface area contributed by atoms with E-state index >= 15 is 8.78 Å². The minimum absolute atomic E-state index is 0.00468. The van der Waals surface area contributed by atoms with Crippen LogP contribution in [0, 0.1) is 23.4 Å². The van der Waals surface area contributed by atoms with Gasteiger partial charge in [0.05, 0.1) is 37.8 Å². The van der Waals surface area contributed by atoms with E-state index in [2.05, 4.69) is 55.5 Å². The standard InChI is InChI=1S/C58H71F3N10O8/c1-34-28-69(43(26-63-34)30-68-19-22-79-32-35(68)2)31-50(73)71-33-58(4,45-16-11-38(24-48(45)71)23-37-9-13-41(59)14-10-37)57(77)64-27-49(72)65-42-15-12-40-29-70(53(44(40)25-42)55(75)67-52-46(60)7-6-8-47(52)61)56(76)51(39-17-20-78-21-18-39)66-54(74)36(3)62-5/h6-16,24-25,34-36,39,43,51,53,62-63H,17-23,26-33H2,1-5H3,(H,64,77)(H,65,72)(H,66,74)(H,67,75)/t34?,35-,36?,43-,51?,53+,58+/m1/s1. The molecule has 0 spiro atoms. The van der Waals surface area contributed by atoms with Crippen LogP contribution in [0.25, 0.3) is 0 Å². The number of likely N-dealkylation sites (N-methyl/N-ethyl adjacent to an activating group) is 1. The van der Waals surface area contributed by atoms with Crippen LogP contribution in [0.2, 0.25) is 0 Å². The fraction of sp³-hybridized carbons (Fsp3) is 0.483. The summed E-state index contributed by atoms with van der Waals surface area (Å²) >= 11 is 0. The monoisotopic (exact) mass is 1090 g/mol. The Hall–Kier alpha value is -6.75. The number of morpholine rings is 1. The van der Waals surface area contributed by atoms with Gasteiger partial charge in [0, 0.05) is 82.0 Å². The lowest BCUT2D eigenvalue weighted by atomic mass is 9.83. The van der Waals surface area contributed by atoms with Crippen LogP contribution in [0.3, 0.4) is 0 Å². The number of ether oxygens (including phenoxy) is 2. The third kappa shape index (κ3) is 12.8. The second-order valence-corrected chi connectivity index (χ2v) is 21.8. The summed E-state index contributed by atoms with van der Waals surface area (Å²) < 4.78 is 55.2. The number of hydrogen-bond donors (Lipinski definition) is 6. The van der Waals surface area contributed by atoms with Gasteiger partial charge in [0.1, 0.15) is 35.2 Å². The topological polar surface area (TPSA) is 206 Å². The first-order valence-corrected chi connectivity index (χ1v) is 27.2. The number of carbonyl (C=O) groups excluding carboxylic acids is 6. The Morgan fingerprint density at radius 1 is 0.861 bits per heavy atom. The van der Waals surface area contributed by atoms with Gasteiger partial charge in [-0.3, -0.25) is 38.6 Å². The normalized spacial score (nSPS) is 23.3. The van der Waals surface area contributed by atoms with E-state index in [1.165, 1.54) is 23.1 Å². The molecule has 6 N–H and O–H groups in total. The number of hydrogen-bond acceptors (Lipinski definition) is 12. The highest BCUT2D eigenvalue weighted by molar-refractivity contribution is 6.05. The molecule has 3 fully saturated rings. The fourth-order valence-electron chi connectivity index (χ4n) is 11.5. The fourth-order valence-corrected chi connectivity index (χ4v) is 11.5. The number of benzene rings is 4. The van der Waals surface area contributed by atoms with Gasteiger partial charge in [-0.2, -0.15) is 0 Å². The van der Waals surface area contributed by atoms with E-state index in [1.54, 1.807) is 50.1 Å². The van der Waals surface area contributed by atoms with Gasteiger partial charge in [0.15, 0.2) is 0 Å². The predicted molar refractivity (Wildman–Crippen MR) is 290 cm³/mol. The molecule has 5 aliphatic rings. The second-order valence-electron chi connectivity index (χ2n) is 21.8. The molecule has 6 amide bonds. The third-order valence-corrected chi connectivity index (χ3v) is 16.2. The van der Waals surface area contributed by atoms with Crippen LogP contribution in [-0.4, -0.2) is 160 Å². The third-order valence-electron chi connectivity index (χ3n) is 16.2. The number of rotatable bonds is 17. The molecule has 3 unspecified atom stereocenters. The van der Waals surface area contributed by atoms with Gasteiger partial charge >= 0.3 is 0 Å². The minimum atomic E-state index is -1.46. The smallest absolute Gasteiger partial charge is 0.252 e. The second kappa shape index (κ2) is 24.7. The SMILES string of the molecule is CNC(C)C(=O)NC(C(=O)N1Cc2ccc(NC(=O)CNC(=O)[C@@]3(C)CN(C(=O)CN4CC(C)NC[C@@H]4CN4CCOC[C@H]4C)c4cc(Cc5ccc(F)cc5)ccc43)cc2[C@H]1C(=O)Nc1c(F)cccc1F)C1CCOCC1. The molecule has 422 valence electrons. The zero-order valence-electron chi connectivity index (χ0n) is 45.3. The summed E-state index contributed by atoms with van der Waals surface area (Å²) in [5.74, 6) is -6.05. The van der Waals surface area contributed by atoms with Crippen LogP contribution in [0.15, 0.2) is 78.9 Å². The van der Waals surface area contributed by atoms with E-state index in [4.69, 9.17) is 9.47 Å². The van der Waals surface area contributed by atoms with Crippen molar-refractivity contribution < 1.29 is 51.4 Å². The lowest BCUT2D eigenvalue weighted by Gasteiger charge is -2.43. The molecule has 7 atom stereocenters. The Kier molecular flexibility index (Phi) is 17.8. The molecule has 0 radical (unpaired) electrons. The summed E-state index contributed by atoms with van der Waals surface area (Å²) in [6.07, 6.45) is 1.35. The highest BCUT2D eigenvalue weighted by Gasteiger charge is 2.48. The van der Waals surface area contributed by atoms with Crippen molar-refractivity contribution in [2.45, 2.75) is 95.2 Å². The highest BCUT2D eigenvalue weighted by atomic mass is 19.1. The number of halogens is 3. The lowest BCUT2D eigenvalue weighted by molar-refractivity contribution is -0.144. The molecule has 3 saturated heterocycles. The molecule has 18 nitrogen and oxygen atoms in total. The van der Waals surface area contributed by atoms with E-state index in [-0.39, 0.29) is 66.7 Å². The molecule has 4 aromatic rings. The van der Waals surface area contributed by atoms with Gasteiger partial charge in [-0.05, 0) is 130 Å². The first-order chi connectivity index (χ1) is 37.9. The molecular weight excluding hydrogens is 1020 g/mol. The molecule has 21 heteroatoms. The van der Waals surface area contributed by atoms with E-state index in [1.807, 2.05) is 18.2 Å². The molecule has 0 aliphatic carbocycles. The first kappa shape index (κ1) is 57.0. The van der Waals surface area contributed by atoms with Crippen molar-refractivity contribution >= 4 is 52.5 Å². The molecule has 4 aromatic carbocycles. The number of fused-ring (bicyclic) bond motifs is 2. The number of amides is 6. The van der Waals surface area contributed by atoms with Crippen LogP contribution in [-0.2, 0) is 56.6 Å². The van der Waals surface area contributed by atoms with Gasteiger partial charge < -0.3 is 51.2 Å². The van der Waals surface area contributed by atoms with Crippen molar-refractivity contribution in [2.75, 3.05) is 94.8 Å². The van der Waals surface area contributed by atoms with Gasteiger partial charge in [0.25, 0.3) is 5.91 Å². The summed E-state index contributed by atoms with van der Waals surface area (Å²) in [4.78, 5) is 93.3. The Morgan fingerprint density at radius 2 is 1.59 bits per heavy atom. The van der Waals surface area contributed by atoms with Gasteiger partial charge in [-0.15, -0.1) is 0 Å². The van der Waals surface area contributed by atoms with E-state index < -0.39 is 76.9 Å². The number of piperazine rings is 1. The van der Waals surface area contributed by atoms with Crippen LogP contribution < -0.4 is 36.8 Å². The molecule has 5 heterocycles. The number of nitrogens with zero attached hydrogens (tertiary/aromatic N) is 4. The minimum Gasteiger partial charge on any atom is -0.381 e. The van der Waals surface area contributed by atoms with Crippen LogP contribution in [0.1, 0.15) is 74.4 Å². The van der Waals surface area contributed by atoms with Crippen molar-refractivity contribution in [2.24, 2.45) is 5.92 Å². The maximum Gasteiger partial charge on any atom is 0.252 e. The molecule has 0 bridgehead atoms. The lowest BCUT2D eigenvalue weighted by Crippen LogP contribution is -2.62. The van der Waals surface area contributed by atoms with Crippen molar-refractivity contribution in [3.8, 4) is 0 Å². The van der Waals surface area contributed by atoms with E-state index in [0.717, 1.165) is 42.4 Å². The zero-order valence-corrected chi connectivity index (χ0v) is 45.3. The van der Waals surface area contributed by atoms with Gasteiger partial charge in [0.2, 0.25) is 29.5 Å². The average Bonchev–Trinajstić information content (AvgIpc) is 4.20. The molecular formula is C58H71F3N10O8. The summed E-state index contributed by atoms with van der Waals surface area (Å²) in [6.45, 7) is 12.0. The highest BCUT2D eigenvalue weighted by Crippen LogP contribution is 2.43. The van der Waals surface area contributed by atoms with Crippen LogP contribution in [0.4, 0.5) is 30.2 Å². The predicted octanol–water partition coefficient (Wildman–Crippen LogP) is 3.98. The maximum atomic E-state index is 15.0. The number of anilines is 3. The number of nitrogens with one attached hydrogen (secondary N) is 6. The molecule has 0 aromatic heterocycles. The first-order valence-electron chi connectivity index (χ1n) is 27.2. The Morgan fingerprint density at radius 3 is 2.32 bits per heavy atom. The zero-order chi connectivity index (χ0) is 56.1. The quantitative estimate of drug-likeness (QED) is 0.0889. The Labute approximate surface area is 458 Å². The number of para-hydroxylation sites is 1. The molecule has 0 saturated carbocycles. The molecule has 9 rings (SSSR count). The van der Waals surface area contributed by atoms with Crippen molar-refractivity contribution in [3.05, 3.63) is 124 Å². The van der Waals surface area contributed by atoms with Gasteiger partial charge in [-0.1, -0.05) is 36.4 Å². The summed E-state index contributed by atoms with van der Waals surface area (Å²) in [7, 11) is 1.61. The summed E-state index contributed by atoms with van der Waals surface area (Å²) in [5, 5.41) is 17.3. The average molecular weight is 1090 g/mol. The van der Waals surface area contributed by atoms with Crippen molar-refractivity contribution in [1.82, 2.24) is 36.0 Å². The van der Waals surface area contributed by atoms with E-state index in [0.29, 0.717) is 75.6 Å². The maximum absolute atomic E-state index is 15.0. The molecule has 5 aliphatic heterocycles. The van der Waals surface area contributed by atoms with Crippen LogP contribution in [0.5, 0.6) is 0 Å². The number of carbonyl (C=O) groups is 6. The Bertz CT molecular complexity index is 2910. The van der Waals surface area contributed by atoms with Gasteiger partial charge in [-0.25, -0.2) is 13.2 Å². The van der Waals surface area contributed by atoms with Crippen LogP contribution >= 0.6 is 0 Å². The van der Waals surface area contributed by atoms with Crippen molar-refractivity contribution in [1.29, 1.82) is 0 Å². The Balaban J connectivity index is 0.934. The summed E-state index contributed by atoms with van der Waals surface area (Å²) in [5.41, 5.74) is 1.86. The largest absolute Gasteiger partial charge is 0.381 e.